The highest BCUT2D eigenvalue weighted by Crippen LogP contribution is 2.05. The fourth-order valence-electron chi connectivity index (χ4n) is 1.89. The molecule has 1 amide bonds. The van der Waals surface area contributed by atoms with Gasteiger partial charge in [-0.25, -0.2) is 4.39 Å². The summed E-state index contributed by atoms with van der Waals surface area (Å²) in [6.45, 7) is 2.46. The van der Waals surface area contributed by atoms with Gasteiger partial charge in [0.25, 0.3) is 0 Å². The molecule has 0 radical (unpaired) electrons. The molecule has 3 nitrogen and oxygen atoms in total. The molecule has 2 N–H and O–H groups in total. The summed E-state index contributed by atoms with van der Waals surface area (Å²) in [5.41, 5.74) is 2.09. The van der Waals surface area contributed by atoms with Crippen molar-refractivity contribution in [1.29, 1.82) is 0 Å². The van der Waals surface area contributed by atoms with Crippen molar-refractivity contribution in [2.45, 2.75) is 12.8 Å². The number of hydrogen-bond donors (Lipinski definition) is 2. The molecule has 0 saturated carbocycles. The Kier molecular flexibility index (Phi) is 6.53. The molecule has 5 heteroatoms. The van der Waals surface area contributed by atoms with Crippen LogP contribution in [-0.2, 0) is 11.2 Å². The fraction of sp³-hybridized carbons (Fsp3) is 0.357. The van der Waals surface area contributed by atoms with Gasteiger partial charge < -0.3 is 10.6 Å². The monoisotopic (exact) mass is 284 g/mol. The summed E-state index contributed by atoms with van der Waals surface area (Å²) < 4.78 is 12.7. The highest BCUT2D eigenvalue weighted by molar-refractivity contribution is 5.85. The van der Waals surface area contributed by atoms with Crippen LogP contribution in [0.1, 0.15) is 12.0 Å². The molecule has 1 aromatic carbocycles. The minimum atomic E-state index is -0.279. The predicted octanol–water partition coefficient (Wildman–Crippen LogP) is 1.83. The van der Waals surface area contributed by atoms with E-state index in [4.69, 9.17) is 0 Å². The van der Waals surface area contributed by atoms with Crippen LogP contribution in [0.15, 0.2) is 35.9 Å². The van der Waals surface area contributed by atoms with Gasteiger partial charge in [0.05, 0.1) is 6.42 Å². The number of amides is 1. The van der Waals surface area contributed by atoms with Crippen LogP contribution >= 0.6 is 12.4 Å². The summed E-state index contributed by atoms with van der Waals surface area (Å²) in [5, 5.41) is 6.11. The molecule has 0 aromatic heterocycles. The van der Waals surface area contributed by atoms with Crippen LogP contribution in [0.25, 0.3) is 0 Å². The molecule has 0 spiro atoms. The van der Waals surface area contributed by atoms with Crippen molar-refractivity contribution in [3.05, 3.63) is 47.3 Å². The molecule has 0 saturated heterocycles. The molecule has 2 rings (SSSR count). The highest BCUT2D eigenvalue weighted by atomic mass is 35.5. The van der Waals surface area contributed by atoms with E-state index in [1.54, 1.807) is 12.1 Å². The Morgan fingerprint density at radius 1 is 1.32 bits per heavy atom. The Morgan fingerprint density at radius 2 is 2.05 bits per heavy atom. The largest absolute Gasteiger partial charge is 0.352 e. The number of nitrogens with one attached hydrogen (secondary N) is 2. The normalized spacial score (nSPS) is 14.3. The van der Waals surface area contributed by atoms with Crippen LogP contribution in [0.2, 0.25) is 0 Å². The molecule has 0 unspecified atom stereocenters. The van der Waals surface area contributed by atoms with E-state index in [1.165, 1.54) is 17.7 Å². The Bertz CT molecular complexity index is 445. The van der Waals surface area contributed by atoms with E-state index in [2.05, 4.69) is 16.7 Å². The molecule has 1 heterocycles. The van der Waals surface area contributed by atoms with E-state index in [-0.39, 0.29) is 24.1 Å². The summed E-state index contributed by atoms with van der Waals surface area (Å²) in [6.07, 6.45) is 3.39. The van der Waals surface area contributed by atoms with Crippen LogP contribution in [0.3, 0.4) is 0 Å². The Labute approximate surface area is 118 Å². The average Bonchev–Trinajstić information content (AvgIpc) is 2.40. The van der Waals surface area contributed by atoms with Gasteiger partial charge in [0.2, 0.25) is 5.91 Å². The minimum absolute atomic E-state index is 0. The molecular weight excluding hydrogens is 267 g/mol. The van der Waals surface area contributed by atoms with Gasteiger partial charge >= 0.3 is 0 Å². The van der Waals surface area contributed by atoms with E-state index >= 15 is 0 Å². The summed E-state index contributed by atoms with van der Waals surface area (Å²) in [7, 11) is 0. The second-order valence-corrected chi connectivity index (χ2v) is 4.40. The van der Waals surface area contributed by atoms with E-state index in [9.17, 15) is 9.18 Å². The van der Waals surface area contributed by atoms with Crippen LogP contribution in [0.4, 0.5) is 4.39 Å². The van der Waals surface area contributed by atoms with Crippen LogP contribution in [-0.4, -0.2) is 25.5 Å². The second-order valence-electron chi connectivity index (χ2n) is 4.40. The minimum Gasteiger partial charge on any atom is -0.352 e. The number of carbonyl (C=O) groups excluding carboxylic acids is 1. The molecule has 1 aliphatic heterocycles. The van der Waals surface area contributed by atoms with E-state index in [0.29, 0.717) is 13.0 Å². The molecular formula is C14H18ClFN2O. The maximum absolute atomic E-state index is 12.7. The maximum atomic E-state index is 12.7. The van der Waals surface area contributed by atoms with Crippen LogP contribution in [0.5, 0.6) is 0 Å². The van der Waals surface area contributed by atoms with E-state index in [1.807, 2.05) is 0 Å². The van der Waals surface area contributed by atoms with E-state index in [0.717, 1.165) is 25.1 Å². The molecule has 0 bridgehead atoms. The average molecular weight is 285 g/mol. The lowest BCUT2D eigenvalue weighted by molar-refractivity contribution is -0.120. The van der Waals surface area contributed by atoms with Crippen molar-refractivity contribution in [3.63, 3.8) is 0 Å². The SMILES string of the molecule is Cl.O=C(Cc1ccc(F)cc1)NCC1=CCNCC1. The molecule has 0 atom stereocenters. The molecule has 1 aromatic rings. The van der Waals surface area contributed by atoms with Crippen molar-refractivity contribution < 1.29 is 9.18 Å². The quantitative estimate of drug-likeness (QED) is 0.828. The smallest absolute Gasteiger partial charge is 0.224 e. The van der Waals surface area contributed by atoms with Crippen molar-refractivity contribution in [2.75, 3.05) is 19.6 Å². The van der Waals surface area contributed by atoms with Gasteiger partial charge in [0.15, 0.2) is 0 Å². The third-order valence-corrected chi connectivity index (χ3v) is 2.95. The molecule has 0 fully saturated rings. The maximum Gasteiger partial charge on any atom is 0.224 e. The molecule has 0 aliphatic carbocycles. The van der Waals surface area contributed by atoms with Crippen molar-refractivity contribution in [2.24, 2.45) is 0 Å². The third kappa shape index (κ3) is 5.41. The Balaban J connectivity index is 0.00000180. The van der Waals surface area contributed by atoms with Crippen molar-refractivity contribution in [1.82, 2.24) is 10.6 Å². The number of carbonyl (C=O) groups is 1. The molecule has 19 heavy (non-hydrogen) atoms. The molecule has 1 aliphatic rings. The van der Waals surface area contributed by atoms with Crippen molar-refractivity contribution in [3.8, 4) is 0 Å². The zero-order valence-electron chi connectivity index (χ0n) is 10.6. The highest BCUT2D eigenvalue weighted by Gasteiger charge is 2.06. The third-order valence-electron chi connectivity index (χ3n) is 2.95. The summed E-state index contributed by atoms with van der Waals surface area (Å²) in [4.78, 5) is 11.7. The van der Waals surface area contributed by atoms with Gasteiger partial charge in [0.1, 0.15) is 5.82 Å². The van der Waals surface area contributed by atoms with Crippen molar-refractivity contribution >= 4 is 18.3 Å². The van der Waals surface area contributed by atoms with Gasteiger partial charge in [0, 0.05) is 13.1 Å². The Hall–Kier alpha value is -1.39. The second kappa shape index (κ2) is 7.92. The van der Waals surface area contributed by atoms with E-state index < -0.39 is 0 Å². The summed E-state index contributed by atoms with van der Waals surface area (Å²) in [5.74, 6) is -0.305. The summed E-state index contributed by atoms with van der Waals surface area (Å²) in [6, 6.07) is 6.02. The van der Waals surface area contributed by atoms with Gasteiger partial charge in [-0.05, 0) is 30.7 Å². The first-order chi connectivity index (χ1) is 8.74. The van der Waals surface area contributed by atoms with Crippen LogP contribution in [0, 0.1) is 5.82 Å². The number of rotatable bonds is 4. The Morgan fingerprint density at radius 3 is 2.68 bits per heavy atom. The lowest BCUT2D eigenvalue weighted by atomic mass is 10.1. The number of benzene rings is 1. The fourth-order valence-corrected chi connectivity index (χ4v) is 1.89. The first-order valence-electron chi connectivity index (χ1n) is 6.14. The van der Waals surface area contributed by atoms with Gasteiger partial charge in [-0.2, -0.15) is 0 Å². The number of hydrogen-bond acceptors (Lipinski definition) is 2. The lowest BCUT2D eigenvalue weighted by Gasteiger charge is -2.14. The zero-order chi connectivity index (χ0) is 12.8. The van der Waals surface area contributed by atoms with Gasteiger partial charge in [-0.3, -0.25) is 4.79 Å². The standard InChI is InChI=1S/C14H17FN2O.ClH/c15-13-3-1-11(2-4-13)9-14(18)17-10-12-5-7-16-8-6-12;/h1-5,16H,6-10H2,(H,17,18);1H. The van der Waals surface area contributed by atoms with Gasteiger partial charge in [-0.15, -0.1) is 12.4 Å². The molecule has 104 valence electrons. The predicted molar refractivity (Wildman–Crippen MR) is 75.9 cm³/mol. The lowest BCUT2D eigenvalue weighted by Crippen LogP contribution is -2.30. The van der Waals surface area contributed by atoms with Crippen LogP contribution < -0.4 is 10.6 Å². The zero-order valence-corrected chi connectivity index (χ0v) is 11.4. The first-order valence-corrected chi connectivity index (χ1v) is 6.14. The summed E-state index contributed by atoms with van der Waals surface area (Å²) >= 11 is 0. The number of halogens is 2. The first kappa shape index (κ1) is 15.7. The topological polar surface area (TPSA) is 41.1 Å². The van der Waals surface area contributed by atoms with Gasteiger partial charge in [-0.1, -0.05) is 23.8 Å².